The number of hydrogen-bond acceptors (Lipinski definition) is 4. The third-order valence-electron chi connectivity index (χ3n) is 3.06. The molecule has 0 spiro atoms. The third-order valence-corrected chi connectivity index (χ3v) is 3.06. The number of phenols is 1. The largest absolute Gasteiger partial charge is 0.507 e. The maximum Gasteiger partial charge on any atom is 0.271 e. The number of carbonyl (C=O) groups is 2. The Balaban J connectivity index is 1.96. The molecule has 0 saturated heterocycles. The predicted molar refractivity (Wildman–Crippen MR) is 88.5 cm³/mol. The number of benzene rings is 2. The number of hydrazone groups is 1. The molecule has 0 unspecified atom stereocenters. The molecule has 6 nitrogen and oxygen atoms in total. The van der Waals surface area contributed by atoms with Crippen molar-refractivity contribution in [2.45, 2.75) is 13.3 Å². The number of phenolic OH excluding ortho intramolecular Hbond substituents is 1. The van der Waals surface area contributed by atoms with Crippen LogP contribution in [0.1, 0.15) is 29.3 Å². The molecule has 0 fully saturated rings. The molecule has 2 aromatic rings. The van der Waals surface area contributed by atoms with Crippen LogP contribution in [0.4, 0.5) is 5.69 Å². The number of carbonyl (C=O) groups excluding carboxylic acids is 2. The van der Waals surface area contributed by atoms with Crippen molar-refractivity contribution in [2.75, 3.05) is 5.32 Å². The highest BCUT2D eigenvalue weighted by molar-refractivity contribution is 5.96. The lowest BCUT2D eigenvalue weighted by atomic mass is 10.2. The third kappa shape index (κ3) is 4.67. The minimum absolute atomic E-state index is 0.0847. The summed E-state index contributed by atoms with van der Waals surface area (Å²) < 4.78 is 0. The Kier molecular flexibility index (Phi) is 5.46. The van der Waals surface area contributed by atoms with Gasteiger partial charge < -0.3 is 10.4 Å². The Labute approximate surface area is 133 Å². The molecule has 2 amide bonds. The highest BCUT2D eigenvalue weighted by Gasteiger charge is 2.05. The molecule has 0 aliphatic heterocycles. The van der Waals surface area contributed by atoms with Crippen molar-refractivity contribution in [1.82, 2.24) is 5.43 Å². The van der Waals surface area contributed by atoms with Crippen molar-refractivity contribution in [3.63, 3.8) is 0 Å². The van der Waals surface area contributed by atoms with Crippen LogP contribution in [0.2, 0.25) is 0 Å². The number of nitrogens with zero attached hydrogens (tertiary/aromatic N) is 1. The number of amides is 2. The summed E-state index contributed by atoms with van der Waals surface area (Å²) in [5.41, 5.74) is 3.92. The number of nitrogens with one attached hydrogen (secondary N) is 2. The Bertz CT molecular complexity index is 724. The van der Waals surface area contributed by atoms with E-state index in [2.05, 4.69) is 15.8 Å². The zero-order valence-corrected chi connectivity index (χ0v) is 12.6. The molecule has 3 N–H and O–H groups in total. The van der Waals surface area contributed by atoms with Gasteiger partial charge in [-0.25, -0.2) is 5.43 Å². The quantitative estimate of drug-likeness (QED) is 0.585. The summed E-state index contributed by atoms with van der Waals surface area (Å²) in [5, 5.41) is 16.1. The predicted octanol–water partition coefficient (Wildman–Crippen LogP) is 2.50. The normalized spacial score (nSPS) is 10.5. The molecule has 0 saturated carbocycles. The second-order valence-corrected chi connectivity index (χ2v) is 4.74. The summed E-state index contributed by atoms with van der Waals surface area (Å²) in [5.74, 6) is -0.388. The van der Waals surface area contributed by atoms with Crippen LogP contribution in [0, 0.1) is 0 Å². The summed E-state index contributed by atoms with van der Waals surface area (Å²) in [6.45, 7) is 1.76. The van der Waals surface area contributed by atoms with E-state index in [9.17, 15) is 14.7 Å². The summed E-state index contributed by atoms with van der Waals surface area (Å²) in [6.07, 6.45) is 1.76. The van der Waals surface area contributed by atoms with Crippen LogP contribution in [0.25, 0.3) is 0 Å². The second-order valence-electron chi connectivity index (χ2n) is 4.74. The molecule has 23 heavy (non-hydrogen) atoms. The van der Waals surface area contributed by atoms with Gasteiger partial charge in [-0.05, 0) is 36.4 Å². The zero-order chi connectivity index (χ0) is 16.7. The molecular weight excluding hydrogens is 294 g/mol. The monoisotopic (exact) mass is 311 g/mol. The Morgan fingerprint density at radius 2 is 1.83 bits per heavy atom. The minimum atomic E-state index is -0.384. The fraction of sp³-hybridized carbons (Fsp3) is 0.118. The molecule has 0 aliphatic rings. The van der Waals surface area contributed by atoms with E-state index in [1.807, 2.05) is 0 Å². The van der Waals surface area contributed by atoms with Gasteiger partial charge in [-0.3, -0.25) is 9.59 Å². The first-order chi connectivity index (χ1) is 11.1. The van der Waals surface area contributed by atoms with Gasteiger partial charge in [-0.15, -0.1) is 0 Å². The van der Waals surface area contributed by atoms with Crippen molar-refractivity contribution in [3.05, 3.63) is 59.7 Å². The summed E-state index contributed by atoms with van der Waals surface area (Å²) in [7, 11) is 0. The first-order valence-electron chi connectivity index (χ1n) is 7.11. The van der Waals surface area contributed by atoms with E-state index in [0.717, 1.165) is 0 Å². The lowest BCUT2D eigenvalue weighted by molar-refractivity contribution is -0.115. The van der Waals surface area contributed by atoms with Crippen LogP contribution >= 0.6 is 0 Å². The van der Waals surface area contributed by atoms with Crippen molar-refractivity contribution in [3.8, 4) is 5.75 Å². The van der Waals surface area contributed by atoms with E-state index in [0.29, 0.717) is 23.2 Å². The molecular formula is C17H17N3O3. The van der Waals surface area contributed by atoms with Gasteiger partial charge in [0, 0.05) is 23.2 Å². The number of anilines is 1. The Hall–Kier alpha value is -3.15. The van der Waals surface area contributed by atoms with Crippen LogP contribution in [-0.2, 0) is 4.79 Å². The van der Waals surface area contributed by atoms with E-state index >= 15 is 0 Å². The molecule has 0 heterocycles. The van der Waals surface area contributed by atoms with Crippen molar-refractivity contribution in [1.29, 1.82) is 0 Å². The van der Waals surface area contributed by atoms with Crippen LogP contribution in [-0.4, -0.2) is 23.1 Å². The van der Waals surface area contributed by atoms with Crippen LogP contribution in [0.15, 0.2) is 53.6 Å². The SMILES string of the molecule is CCC(=O)Nc1ccc(C(=O)NN=Cc2ccccc2O)cc1. The summed E-state index contributed by atoms with van der Waals surface area (Å²) in [6, 6.07) is 13.1. The van der Waals surface area contributed by atoms with Crippen LogP contribution in [0.5, 0.6) is 5.75 Å². The van der Waals surface area contributed by atoms with Gasteiger partial charge >= 0.3 is 0 Å². The molecule has 2 aromatic carbocycles. The molecule has 118 valence electrons. The lowest BCUT2D eigenvalue weighted by Gasteiger charge is -2.04. The zero-order valence-electron chi connectivity index (χ0n) is 12.6. The topological polar surface area (TPSA) is 90.8 Å². The molecule has 0 aliphatic carbocycles. The number of hydrogen-bond donors (Lipinski definition) is 3. The maximum absolute atomic E-state index is 11.9. The van der Waals surface area contributed by atoms with Gasteiger partial charge in [0.15, 0.2) is 0 Å². The van der Waals surface area contributed by atoms with E-state index in [1.54, 1.807) is 49.4 Å². The van der Waals surface area contributed by atoms with E-state index in [1.165, 1.54) is 12.3 Å². The Morgan fingerprint density at radius 3 is 2.48 bits per heavy atom. The van der Waals surface area contributed by atoms with Crippen LogP contribution < -0.4 is 10.7 Å². The average molecular weight is 311 g/mol. The standard InChI is InChI=1S/C17H17N3O3/c1-2-16(22)19-14-9-7-12(8-10-14)17(23)20-18-11-13-5-3-4-6-15(13)21/h3-11,21H,2H2,1H3,(H,19,22)(H,20,23). The number of aromatic hydroxyl groups is 1. The van der Waals surface area contributed by atoms with Gasteiger partial charge in [0.25, 0.3) is 5.91 Å². The highest BCUT2D eigenvalue weighted by atomic mass is 16.3. The van der Waals surface area contributed by atoms with Gasteiger partial charge in [-0.2, -0.15) is 5.10 Å². The van der Waals surface area contributed by atoms with Crippen molar-refractivity contribution >= 4 is 23.7 Å². The molecule has 0 bridgehead atoms. The van der Waals surface area contributed by atoms with Crippen molar-refractivity contribution in [2.24, 2.45) is 5.10 Å². The maximum atomic E-state index is 11.9. The molecule has 0 radical (unpaired) electrons. The summed E-state index contributed by atoms with van der Waals surface area (Å²) >= 11 is 0. The first-order valence-corrected chi connectivity index (χ1v) is 7.11. The van der Waals surface area contributed by atoms with E-state index in [-0.39, 0.29) is 17.6 Å². The van der Waals surface area contributed by atoms with Gasteiger partial charge in [0.1, 0.15) is 5.75 Å². The smallest absolute Gasteiger partial charge is 0.271 e. The molecule has 0 aromatic heterocycles. The van der Waals surface area contributed by atoms with Gasteiger partial charge in [0.2, 0.25) is 5.91 Å². The molecule has 6 heteroatoms. The fourth-order valence-corrected chi connectivity index (χ4v) is 1.78. The van der Waals surface area contributed by atoms with Gasteiger partial charge in [-0.1, -0.05) is 19.1 Å². The van der Waals surface area contributed by atoms with Crippen molar-refractivity contribution < 1.29 is 14.7 Å². The average Bonchev–Trinajstić information content (AvgIpc) is 2.57. The first kappa shape index (κ1) is 16.2. The number of rotatable bonds is 5. The number of para-hydroxylation sites is 1. The van der Waals surface area contributed by atoms with E-state index < -0.39 is 0 Å². The minimum Gasteiger partial charge on any atom is -0.507 e. The van der Waals surface area contributed by atoms with Crippen LogP contribution in [0.3, 0.4) is 0 Å². The fourth-order valence-electron chi connectivity index (χ4n) is 1.78. The lowest BCUT2D eigenvalue weighted by Crippen LogP contribution is -2.17. The summed E-state index contributed by atoms with van der Waals surface area (Å²) in [4.78, 5) is 23.2. The van der Waals surface area contributed by atoms with E-state index in [4.69, 9.17) is 0 Å². The Morgan fingerprint density at radius 1 is 1.13 bits per heavy atom. The van der Waals surface area contributed by atoms with Gasteiger partial charge in [0.05, 0.1) is 6.21 Å². The molecule has 2 rings (SSSR count). The highest BCUT2D eigenvalue weighted by Crippen LogP contribution is 2.13. The molecule has 0 atom stereocenters. The second kappa shape index (κ2) is 7.74.